The molecule has 0 atom stereocenters. The highest BCUT2D eigenvalue weighted by Gasteiger charge is 2.36. The minimum absolute atomic E-state index is 0.0577. The number of hydrogen-bond donors (Lipinski definition) is 2. The largest absolute Gasteiger partial charge is 0.493 e. The number of benzene rings is 3. The number of nitro benzene ring substituents is 1. The van der Waals surface area contributed by atoms with Crippen LogP contribution in [0.2, 0.25) is 5.02 Å². The normalized spacial score (nSPS) is 13.3. The average Bonchev–Trinajstić information content (AvgIpc) is 3.30. The number of nitrogens with one attached hydrogen (secondary N) is 2. The van der Waals surface area contributed by atoms with Gasteiger partial charge >= 0.3 is 5.97 Å². The molecule has 0 aliphatic carbocycles. The lowest BCUT2D eigenvalue weighted by molar-refractivity contribution is -0.384. The maximum atomic E-state index is 13.0. The number of methoxy groups -OCH3 is 1. The first-order valence-electron chi connectivity index (χ1n) is 13.9. The third-order valence-corrected chi connectivity index (χ3v) is 7.50. The van der Waals surface area contributed by atoms with Crippen molar-refractivity contribution in [1.29, 1.82) is 0 Å². The van der Waals surface area contributed by atoms with E-state index < -0.39 is 47.0 Å². The molecular formula is C31H27ClN4O10S. The quantitative estimate of drug-likeness (QED) is 0.100. The zero-order chi connectivity index (χ0) is 34.1. The summed E-state index contributed by atoms with van der Waals surface area (Å²) < 4.78 is 16.0. The first-order valence-corrected chi connectivity index (χ1v) is 15.1. The predicted octanol–water partition coefficient (Wildman–Crippen LogP) is 5.52. The van der Waals surface area contributed by atoms with Crippen molar-refractivity contribution in [2.75, 3.05) is 37.5 Å². The van der Waals surface area contributed by atoms with Gasteiger partial charge < -0.3 is 24.8 Å². The number of hydrogen-bond acceptors (Lipinski definition) is 11. The fraction of sp³-hybridized carbons (Fsp3) is 0.194. The number of amides is 4. The molecule has 1 saturated heterocycles. The molecule has 0 radical (unpaired) electrons. The maximum absolute atomic E-state index is 13.0. The second-order valence-corrected chi connectivity index (χ2v) is 11.1. The third-order valence-electron chi connectivity index (χ3n) is 6.27. The number of anilines is 2. The van der Waals surface area contributed by atoms with E-state index in [1.54, 1.807) is 6.07 Å². The van der Waals surface area contributed by atoms with Crippen LogP contribution in [0.5, 0.6) is 11.5 Å². The standard InChI is InChI=1S/C31H27ClN4O10S/c1-3-11-45-30(40)22-15-20(8-9-23(22)32)33-27(37)16-35-29(39)26(47-31(35)41)13-18-7-10-24(25(12-18)44-2)46-17-28(38)34-19-5-4-6-21(14-19)36(42)43/h4-10,12-15H,3,11,16-17H2,1-2H3,(H,33,37)(H,34,38)/b26-13-. The summed E-state index contributed by atoms with van der Waals surface area (Å²) in [6, 6.07) is 14.3. The number of carbonyl (C=O) groups is 5. The number of carbonyl (C=O) groups excluding carboxylic acids is 5. The summed E-state index contributed by atoms with van der Waals surface area (Å²) in [5, 5.41) is 15.5. The number of nitro groups is 1. The lowest BCUT2D eigenvalue weighted by atomic mass is 10.2. The third kappa shape index (κ3) is 9.08. The van der Waals surface area contributed by atoms with Crippen LogP contribution in [0.3, 0.4) is 0 Å². The van der Waals surface area contributed by atoms with E-state index in [1.165, 1.54) is 67.8 Å². The summed E-state index contributed by atoms with van der Waals surface area (Å²) in [6.07, 6.45) is 2.06. The van der Waals surface area contributed by atoms with E-state index in [9.17, 15) is 34.1 Å². The van der Waals surface area contributed by atoms with Gasteiger partial charge in [-0.05, 0) is 66.2 Å². The molecule has 244 valence electrons. The molecule has 0 aromatic heterocycles. The smallest absolute Gasteiger partial charge is 0.339 e. The minimum Gasteiger partial charge on any atom is -0.493 e. The number of halogens is 1. The van der Waals surface area contributed by atoms with Gasteiger partial charge in [0.1, 0.15) is 6.54 Å². The molecular weight excluding hydrogens is 656 g/mol. The molecule has 3 aromatic rings. The molecule has 1 fully saturated rings. The first kappa shape index (κ1) is 34.5. The molecule has 47 heavy (non-hydrogen) atoms. The predicted molar refractivity (Wildman–Crippen MR) is 174 cm³/mol. The van der Waals surface area contributed by atoms with Gasteiger partial charge in [-0.15, -0.1) is 0 Å². The molecule has 4 amide bonds. The first-order chi connectivity index (χ1) is 22.5. The van der Waals surface area contributed by atoms with Gasteiger partial charge in [0, 0.05) is 23.5 Å². The van der Waals surface area contributed by atoms with E-state index in [0.717, 1.165) is 4.90 Å². The molecule has 0 unspecified atom stereocenters. The van der Waals surface area contributed by atoms with Crippen LogP contribution in [0.25, 0.3) is 6.08 Å². The van der Waals surface area contributed by atoms with Crippen LogP contribution in [0, 0.1) is 10.1 Å². The van der Waals surface area contributed by atoms with Crippen LogP contribution in [0.4, 0.5) is 21.9 Å². The van der Waals surface area contributed by atoms with E-state index in [4.69, 9.17) is 25.8 Å². The Kier molecular flexibility index (Phi) is 11.5. The lowest BCUT2D eigenvalue weighted by Gasteiger charge is -2.13. The second kappa shape index (κ2) is 15.7. The van der Waals surface area contributed by atoms with E-state index in [0.29, 0.717) is 23.7 Å². The Balaban J connectivity index is 1.37. The van der Waals surface area contributed by atoms with Crippen molar-refractivity contribution in [1.82, 2.24) is 4.90 Å². The number of rotatable bonds is 13. The van der Waals surface area contributed by atoms with Gasteiger partial charge in [-0.2, -0.15) is 0 Å². The van der Waals surface area contributed by atoms with E-state index in [1.807, 2.05) is 6.92 Å². The van der Waals surface area contributed by atoms with Gasteiger partial charge in [0.25, 0.3) is 22.7 Å². The van der Waals surface area contributed by atoms with Crippen LogP contribution in [0.15, 0.2) is 65.6 Å². The number of nitrogens with zero attached hydrogens (tertiary/aromatic N) is 2. The molecule has 1 aliphatic heterocycles. The molecule has 4 rings (SSSR count). The Morgan fingerprint density at radius 3 is 2.47 bits per heavy atom. The van der Waals surface area contributed by atoms with Crippen LogP contribution in [-0.2, 0) is 19.1 Å². The van der Waals surface area contributed by atoms with Gasteiger partial charge in [-0.25, -0.2) is 4.79 Å². The number of thioether (sulfide) groups is 1. The number of esters is 1. The Hall–Kier alpha value is -5.41. The van der Waals surface area contributed by atoms with Gasteiger partial charge in [0.2, 0.25) is 5.91 Å². The van der Waals surface area contributed by atoms with Crippen molar-refractivity contribution in [3.63, 3.8) is 0 Å². The SMILES string of the molecule is CCCOC(=O)c1cc(NC(=O)CN2C(=O)S/C(=C\c3ccc(OCC(=O)Nc4cccc([N+](=O)[O-])c4)c(OC)c3)C2=O)ccc1Cl. The van der Waals surface area contributed by atoms with Gasteiger partial charge in [0.05, 0.1) is 34.1 Å². The summed E-state index contributed by atoms with van der Waals surface area (Å²) in [5.74, 6) is -2.16. The summed E-state index contributed by atoms with van der Waals surface area (Å²) >= 11 is 6.74. The highest BCUT2D eigenvalue weighted by molar-refractivity contribution is 8.18. The van der Waals surface area contributed by atoms with Crippen molar-refractivity contribution >= 4 is 75.4 Å². The number of ether oxygens (including phenoxy) is 3. The fourth-order valence-corrected chi connectivity index (χ4v) is 5.13. The fourth-order valence-electron chi connectivity index (χ4n) is 4.09. The van der Waals surface area contributed by atoms with Gasteiger partial charge in [-0.1, -0.05) is 30.7 Å². The highest BCUT2D eigenvalue weighted by atomic mass is 35.5. The topological polar surface area (TPSA) is 183 Å². The summed E-state index contributed by atoms with van der Waals surface area (Å²) in [5.41, 5.74) is 0.795. The van der Waals surface area contributed by atoms with E-state index in [2.05, 4.69) is 10.6 Å². The molecule has 1 aliphatic rings. The monoisotopic (exact) mass is 682 g/mol. The zero-order valence-electron chi connectivity index (χ0n) is 24.9. The second-order valence-electron chi connectivity index (χ2n) is 9.70. The Morgan fingerprint density at radius 1 is 1.00 bits per heavy atom. The highest BCUT2D eigenvalue weighted by Crippen LogP contribution is 2.34. The molecule has 3 aromatic carbocycles. The zero-order valence-corrected chi connectivity index (χ0v) is 26.5. The molecule has 1 heterocycles. The minimum atomic E-state index is -0.688. The van der Waals surface area contributed by atoms with Crippen molar-refractivity contribution in [2.45, 2.75) is 13.3 Å². The van der Waals surface area contributed by atoms with E-state index >= 15 is 0 Å². The number of imide groups is 1. The summed E-state index contributed by atoms with van der Waals surface area (Å²) in [7, 11) is 1.37. The molecule has 0 saturated carbocycles. The maximum Gasteiger partial charge on any atom is 0.339 e. The molecule has 16 heteroatoms. The lowest BCUT2D eigenvalue weighted by Crippen LogP contribution is -2.36. The summed E-state index contributed by atoms with van der Waals surface area (Å²) in [4.78, 5) is 74.2. The number of non-ortho nitro benzene ring substituents is 1. The van der Waals surface area contributed by atoms with Gasteiger partial charge in [-0.3, -0.25) is 34.2 Å². The Labute approximate surface area is 277 Å². The molecule has 2 N–H and O–H groups in total. The average molecular weight is 683 g/mol. The van der Waals surface area contributed by atoms with Crippen LogP contribution in [0.1, 0.15) is 29.3 Å². The van der Waals surface area contributed by atoms with Crippen molar-refractivity contribution in [3.05, 3.63) is 91.8 Å². The van der Waals surface area contributed by atoms with Crippen molar-refractivity contribution < 1.29 is 43.1 Å². The van der Waals surface area contributed by atoms with E-state index in [-0.39, 0.29) is 50.7 Å². The van der Waals surface area contributed by atoms with Crippen LogP contribution >= 0.6 is 23.4 Å². The Morgan fingerprint density at radius 2 is 1.74 bits per heavy atom. The molecule has 14 nitrogen and oxygen atoms in total. The van der Waals surface area contributed by atoms with Gasteiger partial charge in [0.15, 0.2) is 18.1 Å². The summed E-state index contributed by atoms with van der Waals surface area (Å²) in [6.45, 7) is 1.04. The van der Waals surface area contributed by atoms with Crippen LogP contribution < -0.4 is 20.1 Å². The Bertz CT molecular complexity index is 1780. The molecule has 0 bridgehead atoms. The van der Waals surface area contributed by atoms with Crippen LogP contribution in [-0.4, -0.2) is 65.6 Å². The molecule has 0 spiro atoms. The van der Waals surface area contributed by atoms with Crippen molar-refractivity contribution in [3.8, 4) is 11.5 Å². The van der Waals surface area contributed by atoms with Crippen molar-refractivity contribution in [2.24, 2.45) is 0 Å².